The number of carbonyl (C=O) groups is 1. The van der Waals surface area contributed by atoms with Crippen LogP contribution in [0.5, 0.6) is 0 Å². The van der Waals surface area contributed by atoms with Gasteiger partial charge in [-0.15, -0.1) is 0 Å². The van der Waals surface area contributed by atoms with Crippen molar-refractivity contribution in [2.24, 2.45) is 41.4 Å². The van der Waals surface area contributed by atoms with Crippen molar-refractivity contribution in [3.05, 3.63) is 0 Å². The molecular formula is C29H52O6. The normalized spacial score (nSPS) is 51.2. The maximum absolute atomic E-state index is 12.8. The van der Waals surface area contributed by atoms with Crippen molar-refractivity contribution in [2.45, 2.75) is 138 Å². The van der Waals surface area contributed by atoms with E-state index in [1.165, 1.54) is 0 Å². The molecule has 0 aromatic rings. The van der Waals surface area contributed by atoms with Gasteiger partial charge in [0.2, 0.25) is 0 Å². The third-order valence-electron chi connectivity index (χ3n) is 9.97. The molecule has 0 aromatic carbocycles. The summed E-state index contributed by atoms with van der Waals surface area (Å²) in [7, 11) is 0. The molecule has 3 heterocycles. The molecule has 0 saturated carbocycles. The minimum atomic E-state index is -0.673. The van der Waals surface area contributed by atoms with E-state index in [0.29, 0.717) is 23.7 Å². The predicted molar refractivity (Wildman–Crippen MR) is 137 cm³/mol. The topological polar surface area (TPSA) is 63.2 Å². The Labute approximate surface area is 214 Å². The highest BCUT2D eigenvalue weighted by Gasteiger charge is 2.50. The Kier molecular flexibility index (Phi) is 9.87. The van der Waals surface area contributed by atoms with Crippen LogP contribution in [0.4, 0.5) is 0 Å². The largest absolute Gasteiger partial charge is 0.372 e. The number of Topliss-reactive ketones (excluding diaryl/α,β-unsaturated/α-hetero) is 1. The molecular weight excluding hydrogens is 444 g/mol. The van der Waals surface area contributed by atoms with E-state index in [2.05, 4.69) is 69.2 Å². The highest BCUT2D eigenvalue weighted by atomic mass is 16.7. The quantitative estimate of drug-likeness (QED) is 0.440. The van der Waals surface area contributed by atoms with E-state index in [4.69, 9.17) is 23.7 Å². The van der Waals surface area contributed by atoms with E-state index in [1.54, 1.807) is 6.92 Å². The van der Waals surface area contributed by atoms with Gasteiger partial charge in [-0.05, 0) is 56.3 Å². The van der Waals surface area contributed by atoms with Crippen LogP contribution in [0.15, 0.2) is 0 Å². The molecule has 0 spiro atoms. The third-order valence-corrected chi connectivity index (χ3v) is 9.97. The molecule has 6 nitrogen and oxygen atoms in total. The maximum Gasteiger partial charge on any atom is 0.162 e. The van der Waals surface area contributed by atoms with Crippen molar-refractivity contribution in [3.8, 4) is 0 Å². The highest BCUT2D eigenvalue weighted by Crippen LogP contribution is 2.42. The summed E-state index contributed by atoms with van der Waals surface area (Å²) in [4.78, 5) is 12.8. The van der Waals surface area contributed by atoms with E-state index in [9.17, 15) is 4.79 Å². The molecule has 204 valence electrons. The standard InChI is InChI=1S/C29H52O6/c1-12-23-16(5)14(3)19(8)28(32-23)34-26-18(7)20(9)29(35-27(26)21(10)30)33-25-17(6)15(4)22(11)31-24(25)13-2/h14-20,22-29H,12-13H2,1-11H3/t14-,15?,16-,17+,18?,19?,20-,22?,23?,24?,25-,26+,27?,28-,29+/m0/s1. The molecule has 3 rings (SSSR count). The lowest BCUT2D eigenvalue weighted by molar-refractivity contribution is -0.333. The van der Waals surface area contributed by atoms with Crippen molar-refractivity contribution in [3.63, 3.8) is 0 Å². The van der Waals surface area contributed by atoms with Crippen molar-refractivity contribution in [1.82, 2.24) is 0 Å². The lowest BCUT2D eigenvalue weighted by atomic mass is 9.78. The highest BCUT2D eigenvalue weighted by molar-refractivity contribution is 5.81. The molecule has 0 N–H and O–H groups in total. The predicted octanol–water partition coefficient (Wildman–Crippen LogP) is 5.86. The number of rotatable bonds is 7. The first-order valence-electron chi connectivity index (χ1n) is 14.2. The van der Waals surface area contributed by atoms with Gasteiger partial charge in [0.1, 0.15) is 6.10 Å². The molecule has 3 aliphatic heterocycles. The molecule has 35 heavy (non-hydrogen) atoms. The average molecular weight is 497 g/mol. The summed E-state index contributed by atoms with van der Waals surface area (Å²) < 4.78 is 32.4. The van der Waals surface area contributed by atoms with Crippen LogP contribution in [-0.2, 0) is 28.5 Å². The van der Waals surface area contributed by atoms with Gasteiger partial charge in [-0.1, -0.05) is 62.3 Å². The van der Waals surface area contributed by atoms with Crippen LogP contribution >= 0.6 is 0 Å². The Balaban J connectivity index is 1.77. The van der Waals surface area contributed by atoms with E-state index < -0.39 is 12.4 Å². The first kappa shape index (κ1) is 29.0. The molecule has 3 aliphatic rings. The van der Waals surface area contributed by atoms with E-state index in [-0.39, 0.29) is 60.3 Å². The summed E-state index contributed by atoms with van der Waals surface area (Å²) in [6.07, 6.45) is 0.314. The zero-order valence-electron chi connectivity index (χ0n) is 24.0. The summed E-state index contributed by atoms with van der Waals surface area (Å²) in [5.74, 6) is 2.03. The van der Waals surface area contributed by atoms with E-state index in [1.807, 2.05) is 0 Å². The second kappa shape index (κ2) is 11.9. The van der Waals surface area contributed by atoms with Gasteiger partial charge in [0.25, 0.3) is 0 Å². The summed E-state index contributed by atoms with van der Waals surface area (Å²) in [5, 5.41) is 0. The van der Waals surface area contributed by atoms with Crippen LogP contribution in [0.1, 0.15) is 89.0 Å². The molecule has 0 aliphatic carbocycles. The smallest absolute Gasteiger partial charge is 0.162 e. The summed E-state index contributed by atoms with van der Waals surface area (Å²) in [5.41, 5.74) is 0. The zero-order valence-corrected chi connectivity index (χ0v) is 24.0. The lowest BCUT2D eigenvalue weighted by Crippen LogP contribution is -2.59. The summed E-state index contributed by atoms with van der Waals surface area (Å²) in [6, 6.07) is 0. The number of ketones is 1. The molecule has 3 saturated heterocycles. The van der Waals surface area contributed by atoms with E-state index in [0.717, 1.165) is 12.8 Å². The van der Waals surface area contributed by atoms with E-state index >= 15 is 0 Å². The van der Waals surface area contributed by atoms with Crippen molar-refractivity contribution < 1.29 is 28.5 Å². The average Bonchev–Trinajstić information content (AvgIpc) is 2.83. The van der Waals surface area contributed by atoms with Gasteiger partial charge in [0.15, 0.2) is 18.4 Å². The van der Waals surface area contributed by atoms with Crippen LogP contribution in [0.2, 0.25) is 0 Å². The van der Waals surface area contributed by atoms with Crippen LogP contribution < -0.4 is 0 Å². The molecule has 7 unspecified atom stereocenters. The Morgan fingerprint density at radius 2 is 1.11 bits per heavy atom. The molecule has 0 aromatic heterocycles. The van der Waals surface area contributed by atoms with Crippen LogP contribution in [0.25, 0.3) is 0 Å². The van der Waals surface area contributed by atoms with Crippen LogP contribution in [0.3, 0.4) is 0 Å². The number of carbonyl (C=O) groups excluding carboxylic acids is 1. The van der Waals surface area contributed by atoms with Crippen molar-refractivity contribution in [1.29, 1.82) is 0 Å². The molecule has 6 heteroatoms. The summed E-state index contributed by atoms with van der Waals surface area (Å²) in [6.45, 7) is 23.6. The van der Waals surface area contributed by atoms with Gasteiger partial charge in [0.05, 0.1) is 30.5 Å². The second-order valence-electron chi connectivity index (χ2n) is 12.0. The number of hydrogen-bond donors (Lipinski definition) is 0. The van der Waals surface area contributed by atoms with Crippen molar-refractivity contribution in [2.75, 3.05) is 0 Å². The molecule has 3 fully saturated rings. The SMILES string of the molecule is CCC1O[C@@H](O[C@H]2C(C(C)=O)O[C@@H](O[C@@H]3C(CC)OC(C)C(C)[C@H]3C)[C@@H](C)C2C)C(C)[C@@H](C)[C@@H]1C. The van der Waals surface area contributed by atoms with Gasteiger partial charge < -0.3 is 23.7 Å². The molecule has 0 bridgehead atoms. The van der Waals surface area contributed by atoms with Gasteiger partial charge in [-0.25, -0.2) is 0 Å². The monoisotopic (exact) mass is 496 g/mol. The Hall–Kier alpha value is -0.530. The Morgan fingerprint density at radius 1 is 0.600 bits per heavy atom. The maximum atomic E-state index is 12.8. The van der Waals surface area contributed by atoms with Crippen LogP contribution in [0, 0.1) is 41.4 Å². The Morgan fingerprint density at radius 3 is 1.69 bits per heavy atom. The van der Waals surface area contributed by atoms with Crippen molar-refractivity contribution >= 4 is 5.78 Å². The van der Waals surface area contributed by atoms with Gasteiger partial charge in [-0.3, -0.25) is 4.79 Å². The fraction of sp³-hybridized carbons (Fsp3) is 0.966. The zero-order chi connectivity index (χ0) is 26.2. The number of ether oxygens (including phenoxy) is 5. The minimum absolute atomic E-state index is 0.0259. The lowest BCUT2D eigenvalue weighted by Gasteiger charge is -2.50. The fourth-order valence-electron chi connectivity index (χ4n) is 6.35. The second-order valence-corrected chi connectivity index (χ2v) is 12.0. The fourth-order valence-corrected chi connectivity index (χ4v) is 6.35. The van der Waals surface area contributed by atoms with Crippen LogP contribution in [-0.4, -0.2) is 55.0 Å². The van der Waals surface area contributed by atoms with Gasteiger partial charge in [-0.2, -0.15) is 0 Å². The minimum Gasteiger partial charge on any atom is -0.372 e. The molecule has 0 amide bonds. The molecule has 15 atom stereocenters. The first-order valence-corrected chi connectivity index (χ1v) is 14.2. The van der Waals surface area contributed by atoms with Gasteiger partial charge in [0, 0.05) is 11.8 Å². The number of hydrogen-bond acceptors (Lipinski definition) is 6. The molecule has 0 radical (unpaired) electrons. The summed E-state index contributed by atoms with van der Waals surface area (Å²) >= 11 is 0. The Bertz CT molecular complexity index is 695. The third kappa shape index (κ3) is 5.82. The van der Waals surface area contributed by atoms with Gasteiger partial charge >= 0.3 is 0 Å². The first-order chi connectivity index (χ1) is 16.4.